The summed E-state index contributed by atoms with van der Waals surface area (Å²) in [4.78, 5) is 22.3. The van der Waals surface area contributed by atoms with Crippen molar-refractivity contribution < 1.29 is 4.79 Å². The second kappa shape index (κ2) is 11.2. The number of carbonyl (C=O) groups is 1. The zero-order chi connectivity index (χ0) is 24.9. The van der Waals surface area contributed by atoms with Crippen LogP contribution in [-0.2, 0) is 6.54 Å². The Morgan fingerprint density at radius 3 is 2.69 bits per heavy atom. The third-order valence-corrected chi connectivity index (χ3v) is 7.80. The molecular weight excluding hydrogens is 446 g/mol. The van der Waals surface area contributed by atoms with Gasteiger partial charge in [-0.3, -0.25) is 14.7 Å². The minimum absolute atomic E-state index is 0.00324. The molecule has 3 aromatic rings. The molecule has 188 valence electrons. The van der Waals surface area contributed by atoms with E-state index in [0.29, 0.717) is 12.5 Å². The van der Waals surface area contributed by atoms with E-state index in [1.807, 2.05) is 24.5 Å². The van der Waals surface area contributed by atoms with Gasteiger partial charge in [0.2, 0.25) is 0 Å². The van der Waals surface area contributed by atoms with Crippen molar-refractivity contribution in [1.29, 1.82) is 0 Å². The van der Waals surface area contributed by atoms with Crippen LogP contribution in [-0.4, -0.2) is 53.4 Å². The lowest BCUT2D eigenvalue weighted by Crippen LogP contribution is -2.36. The summed E-state index contributed by atoms with van der Waals surface area (Å²) in [6.07, 6.45) is 4.90. The minimum Gasteiger partial charge on any atom is -0.378 e. The molecule has 2 aromatic carbocycles. The topological polar surface area (TPSA) is 60.5 Å². The van der Waals surface area contributed by atoms with Crippen LogP contribution >= 0.6 is 0 Å². The maximum absolute atomic E-state index is 13.1. The first-order valence-electron chi connectivity index (χ1n) is 13.3. The fraction of sp³-hybridized carbons (Fsp3) is 0.400. The molecule has 1 saturated heterocycles. The van der Waals surface area contributed by atoms with Crippen LogP contribution in [0.1, 0.15) is 59.4 Å². The molecule has 0 bridgehead atoms. The number of rotatable bonds is 9. The number of pyridine rings is 1. The van der Waals surface area contributed by atoms with Crippen molar-refractivity contribution in [3.8, 4) is 0 Å². The smallest absolute Gasteiger partial charge is 0.251 e. The number of nitrogens with zero attached hydrogens (tertiary/aromatic N) is 3. The number of aromatic nitrogens is 1. The zero-order valence-corrected chi connectivity index (χ0v) is 21.4. The Morgan fingerprint density at radius 2 is 1.94 bits per heavy atom. The second-order valence-electron chi connectivity index (χ2n) is 9.85. The third kappa shape index (κ3) is 5.15. The van der Waals surface area contributed by atoms with Crippen molar-refractivity contribution >= 4 is 11.6 Å². The Kier molecular flexibility index (Phi) is 7.63. The Bertz CT molecular complexity index is 1150. The van der Waals surface area contributed by atoms with Crippen LogP contribution in [0.5, 0.6) is 0 Å². The summed E-state index contributed by atoms with van der Waals surface area (Å²) in [7, 11) is 0. The lowest BCUT2D eigenvalue weighted by Gasteiger charge is -2.40. The molecular formula is C30H37N5O. The SMILES string of the molecule is CCN(CC)CCNC(=O)c1ccc2c(c1)[C@@H]1[C@@H](CCN1Cc1cccnc1)C(c1ccccc1)N2. The Balaban J connectivity index is 1.42. The van der Waals surface area contributed by atoms with Crippen LogP contribution in [0.15, 0.2) is 73.1 Å². The highest BCUT2D eigenvalue weighted by molar-refractivity contribution is 5.95. The van der Waals surface area contributed by atoms with Crippen molar-refractivity contribution in [2.75, 3.05) is 38.0 Å². The van der Waals surface area contributed by atoms with Gasteiger partial charge in [0.1, 0.15) is 0 Å². The first kappa shape index (κ1) is 24.5. The summed E-state index contributed by atoms with van der Waals surface area (Å²) in [6.45, 7) is 9.70. The van der Waals surface area contributed by atoms with Gasteiger partial charge in [-0.2, -0.15) is 0 Å². The molecule has 2 aliphatic heterocycles. The van der Waals surface area contributed by atoms with Gasteiger partial charge in [0.25, 0.3) is 5.91 Å². The van der Waals surface area contributed by atoms with Gasteiger partial charge >= 0.3 is 0 Å². The molecule has 6 nitrogen and oxygen atoms in total. The van der Waals surface area contributed by atoms with Gasteiger partial charge in [-0.25, -0.2) is 0 Å². The van der Waals surface area contributed by atoms with Crippen molar-refractivity contribution in [2.45, 2.75) is 38.9 Å². The van der Waals surface area contributed by atoms with E-state index >= 15 is 0 Å². The van der Waals surface area contributed by atoms with Crippen LogP contribution in [0.25, 0.3) is 0 Å². The number of anilines is 1. The third-order valence-electron chi connectivity index (χ3n) is 7.80. The van der Waals surface area contributed by atoms with Gasteiger partial charge < -0.3 is 15.5 Å². The van der Waals surface area contributed by atoms with Gasteiger partial charge in [-0.05, 0) is 67.0 Å². The molecule has 0 saturated carbocycles. The van der Waals surface area contributed by atoms with Gasteiger partial charge in [0, 0.05) is 55.2 Å². The highest BCUT2D eigenvalue weighted by atomic mass is 16.1. The predicted molar refractivity (Wildman–Crippen MR) is 145 cm³/mol. The molecule has 0 radical (unpaired) electrons. The van der Waals surface area contributed by atoms with E-state index in [1.165, 1.54) is 16.7 Å². The number of carbonyl (C=O) groups excluding carboxylic acids is 1. The Labute approximate surface area is 214 Å². The van der Waals surface area contributed by atoms with Crippen LogP contribution < -0.4 is 10.6 Å². The lowest BCUT2D eigenvalue weighted by atomic mass is 9.79. The van der Waals surface area contributed by atoms with Crippen molar-refractivity contribution in [3.05, 3.63) is 95.3 Å². The average Bonchev–Trinajstić information content (AvgIpc) is 3.35. The number of likely N-dealkylation sites (N-methyl/N-ethyl adjacent to an activating group) is 1. The molecule has 1 amide bonds. The first-order valence-corrected chi connectivity index (χ1v) is 13.3. The molecule has 5 rings (SSSR count). The predicted octanol–water partition coefficient (Wildman–Crippen LogP) is 4.88. The van der Waals surface area contributed by atoms with E-state index in [1.54, 1.807) is 0 Å². The summed E-state index contributed by atoms with van der Waals surface area (Å²) in [6, 6.07) is 21.6. The monoisotopic (exact) mass is 483 g/mol. The molecule has 3 atom stereocenters. The molecule has 0 spiro atoms. The Morgan fingerprint density at radius 1 is 1.11 bits per heavy atom. The van der Waals surface area contributed by atoms with Crippen LogP contribution in [0.2, 0.25) is 0 Å². The van der Waals surface area contributed by atoms with E-state index in [2.05, 4.69) is 87.8 Å². The molecule has 2 N–H and O–H groups in total. The molecule has 3 heterocycles. The van der Waals surface area contributed by atoms with Crippen LogP contribution in [0.3, 0.4) is 0 Å². The molecule has 1 aromatic heterocycles. The number of hydrogen-bond donors (Lipinski definition) is 2. The first-order chi connectivity index (χ1) is 17.7. The number of likely N-dealkylation sites (tertiary alicyclic amines) is 1. The summed E-state index contributed by atoms with van der Waals surface area (Å²) in [5.41, 5.74) is 5.63. The summed E-state index contributed by atoms with van der Waals surface area (Å²) in [5.74, 6) is 0.432. The van der Waals surface area contributed by atoms with Crippen molar-refractivity contribution in [1.82, 2.24) is 20.1 Å². The van der Waals surface area contributed by atoms with Gasteiger partial charge in [-0.15, -0.1) is 0 Å². The fourth-order valence-corrected chi connectivity index (χ4v) is 5.88. The zero-order valence-electron chi connectivity index (χ0n) is 21.4. The van der Waals surface area contributed by atoms with Gasteiger partial charge in [0.05, 0.1) is 6.04 Å². The Hall–Kier alpha value is -3.22. The normalized spacial score (nSPS) is 21.0. The highest BCUT2D eigenvalue weighted by Crippen LogP contribution is 2.51. The molecule has 1 unspecified atom stereocenters. The number of benzene rings is 2. The van der Waals surface area contributed by atoms with E-state index in [9.17, 15) is 4.79 Å². The van der Waals surface area contributed by atoms with Gasteiger partial charge in [-0.1, -0.05) is 50.2 Å². The second-order valence-corrected chi connectivity index (χ2v) is 9.85. The largest absolute Gasteiger partial charge is 0.378 e. The van der Waals surface area contributed by atoms with Crippen LogP contribution in [0, 0.1) is 5.92 Å². The molecule has 6 heteroatoms. The number of amides is 1. The maximum Gasteiger partial charge on any atom is 0.251 e. The molecule has 1 fully saturated rings. The number of nitrogens with one attached hydrogen (secondary N) is 2. The quantitative estimate of drug-likeness (QED) is 0.454. The summed E-state index contributed by atoms with van der Waals surface area (Å²) in [5, 5.41) is 6.96. The number of fused-ring (bicyclic) bond motifs is 3. The summed E-state index contributed by atoms with van der Waals surface area (Å²) < 4.78 is 0. The fourth-order valence-electron chi connectivity index (χ4n) is 5.88. The van der Waals surface area contributed by atoms with Gasteiger partial charge in [0.15, 0.2) is 0 Å². The number of hydrogen-bond acceptors (Lipinski definition) is 5. The van der Waals surface area contributed by atoms with Crippen molar-refractivity contribution in [2.24, 2.45) is 5.92 Å². The lowest BCUT2D eigenvalue weighted by molar-refractivity contribution is 0.0948. The molecule has 2 aliphatic rings. The minimum atomic E-state index is 0.00324. The average molecular weight is 484 g/mol. The van der Waals surface area contributed by atoms with E-state index in [-0.39, 0.29) is 18.0 Å². The summed E-state index contributed by atoms with van der Waals surface area (Å²) >= 11 is 0. The van der Waals surface area contributed by atoms with Crippen LogP contribution in [0.4, 0.5) is 5.69 Å². The van der Waals surface area contributed by atoms with Crippen molar-refractivity contribution in [3.63, 3.8) is 0 Å². The molecule has 36 heavy (non-hydrogen) atoms. The standard InChI is InChI=1S/C30H37N5O/c1-3-34(4-2)18-16-32-30(36)24-12-13-27-26(19-24)29-25(28(33-27)23-10-6-5-7-11-23)14-17-35(29)21-22-9-8-15-31-20-22/h5-13,15,19-20,25,28-29,33H,3-4,14,16-18,21H2,1-2H3,(H,32,36)/t25-,28?,29-/m0/s1. The maximum atomic E-state index is 13.1. The van der Waals surface area contributed by atoms with E-state index in [4.69, 9.17) is 0 Å². The van der Waals surface area contributed by atoms with E-state index < -0.39 is 0 Å². The highest BCUT2D eigenvalue weighted by Gasteiger charge is 2.44. The molecule has 0 aliphatic carbocycles. The van der Waals surface area contributed by atoms with E-state index in [0.717, 1.165) is 50.4 Å².